The number of fused-ring (bicyclic) bond motifs is 1. The number of rotatable bonds is 9. The summed E-state index contributed by atoms with van der Waals surface area (Å²) in [6.45, 7) is 2.08. The van der Waals surface area contributed by atoms with Crippen LogP contribution in [0.3, 0.4) is 0 Å². The van der Waals surface area contributed by atoms with Gasteiger partial charge in [0.05, 0.1) is 11.6 Å². The highest BCUT2D eigenvalue weighted by Gasteiger charge is 2.14. The molecule has 0 radical (unpaired) electrons. The fourth-order valence-electron chi connectivity index (χ4n) is 3.16. The number of ether oxygens (including phenoxy) is 1. The third-order valence-corrected chi connectivity index (χ3v) is 4.77. The maximum atomic E-state index is 10.7. The number of aliphatic hydroxyl groups is 1. The van der Waals surface area contributed by atoms with E-state index in [1.165, 1.54) is 0 Å². The van der Waals surface area contributed by atoms with Gasteiger partial charge in [0.1, 0.15) is 5.75 Å². The number of carboxylic acid groups (broad SMARTS) is 1. The molecular formula is C21H23ClN2O4. The molecule has 3 rings (SSSR count). The number of H-pyrrole nitrogens is 1. The highest BCUT2D eigenvalue weighted by Crippen LogP contribution is 2.28. The van der Waals surface area contributed by atoms with Crippen molar-refractivity contribution in [2.24, 2.45) is 0 Å². The average molecular weight is 403 g/mol. The van der Waals surface area contributed by atoms with Crippen molar-refractivity contribution in [3.8, 4) is 5.75 Å². The molecule has 1 unspecified atom stereocenters. The molecule has 0 amide bonds. The molecule has 0 aliphatic carbocycles. The topological polar surface area (TPSA) is 94.6 Å². The summed E-state index contributed by atoms with van der Waals surface area (Å²) in [4.78, 5) is 13.9. The molecule has 0 saturated carbocycles. The second kappa shape index (κ2) is 9.10. The molecule has 2 aromatic carbocycles. The van der Waals surface area contributed by atoms with E-state index in [0.717, 1.165) is 28.5 Å². The number of nitrogens with one attached hydrogen (secondary N) is 2. The van der Waals surface area contributed by atoms with Crippen molar-refractivity contribution in [1.29, 1.82) is 0 Å². The maximum absolute atomic E-state index is 10.7. The predicted molar refractivity (Wildman–Crippen MR) is 109 cm³/mol. The Balaban J connectivity index is 1.62. The number of halogens is 1. The molecule has 0 saturated heterocycles. The molecular weight excluding hydrogens is 380 g/mol. The average Bonchev–Trinajstić information content (AvgIpc) is 3.07. The van der Waals surface area contributed by atoms with Crippen LogP contribution in [-0.2, 0) is 11.2 Å². The van der Waals surface area contributed by atoms with Crippen molar-refractivity contribution in [1.82, 2.24) is 10.3 Å². The molecule has 28 heavy (non-hydrogen) atoms. The van der Waals surface area contributed by atoms with E-state index >= 15 is 0 Å². The van der Waals surface area contributed by atoms with Gasteiger partial charge in [0, 0.05) is 29.2 Å². The van der Waals surface area contributed by atoms with Gasteiger partial charge in [-0.05, 0) is 42.7 Å². The van der Waals surface area contributed by atoms with E-state index in [4.69, 9.17) is 21.4 Å². The number of carboxylic acids is 1. The lowest BCUT2D eigenvalue weighted by atomic mass is 10.0. The van der Waals surface area contributed by atoms with E-state index in [2.05, 4.69) is 10.3 Å². The van der Waals surface area contributed by atoms with Gasteiger partial charge in [-0.15, -0.1) is 0 Å². The lowest BCUT2D eigenvalue weighted by molar-refractivity contribution is -0.139. The number of aromatic nitrogens is 1. The van der Waals surface area contributed by atoms with Crippen molar-refractivity contribution in [2.45, 2.75) is 25.5 Å². The number of benzene rings is 2. The first kappa shape index (κ1) is 20.2. The first-order chi connectivity index (χ1) is 13.4. The van der Waals surface area contributed by atoms with Gasteiger partial charge < -0.3 is 25.3 Å². The summed E-state index contributed by atoms with van der Waals surface area (Å²) >= 11 is 5.98. The summed E-state index contributed by atoms with van der Waals surface area (Å²) in [6.07, 6.45) is 2.01. The zero-order chi connectivity index (χ0) is 20.1. The standard InChI is InChI=1S/C21H23ClN2O4/c1-13(23-11-18(25)14-4-2-5-16(22)9-14)8-15-10-24-21-17(15)6-3-7-19(21)28-12-20(26)27/h2-7,9-10,13,18,23-25H,8,11-12H2,1H3,(H,26,27)/t13?,18-/m0/s1. The smallest absolute Gasteiger partial charge is 0.341 e. The largest absolute Gasteiger partial charge is 0.480 e. The normalized spacial score (nSPS) is 13.4. The summed E-state index contributed by atoms with van der Waals surface area (Å²) in [5.41, 5.74) is 2.65. The molecule has 6 nitrogen and oxygen atoms in total. The number of aliphatic hydroxyl groups excluding tert-OH is 1. The molecule has 1 heterocycles. The van der Waals surface area contributed by atoms with Crippen LogP contribution in [0, 0.1) is 0 Å². The van der Waals surface area contributed by atoms with Crippen molar-refractivity contribution < 1.29 is 19.7 Å². The minimum atomic E-state index is -1.01. The Morgan fingerprint density at radius 3 is 2.82 bits per heavy atom. The number of hydrogen-bond donors (Lipinski definition) is 4. The Morgan fingerprint density at radius 2 is 2.07 bits per heavy atom. The van der Waals surface area contributed by atoms with Gasteiger partial charge in [0.15, 0.2) is 6.61 Å². The van der Waals surface area contributed by atoms with Crippen LogP contribution in [0.1, 0.15) is 24.2 Å². The van der Waals surface area contributed by atoms with Gasteiger partial charge in [-0.2, -0.15) is 0 Å². The van der Waals surface area contributed by atoms with E-state index in [0.29, 0.717) is 17.3 Å². The summed E-state index contributed by atoms with van der Waals surface area (Å²) < 4.78 is 5.35. The first-order valence-corrected chi connectivity index (χ1v) is 9.42. The van der Waals surface area contributed by atoms with Crippen molar-refractivity contribution in [3.05, 3.63) is 64.8 Å². The SMILES string of the molecule is CC(Cc1c[nH]c2c(OCC(=O)O)cccc12)NC[C@H](O)c1cccc(Cl)c1. The van der Waals surface area contributed by atoms with Crippen molar-refractivity contribution in [2.75, 3.05) is 13.2 Å². The summed E-state index contributed by atoms with van der Waals surface area (Å²) in [5.74, 6) is -0.497. The Morgan fingerprint density at radius 1 is 1.29 bits per heavy atom. The number of aliphatic carboxylic acids is 1. The molecule has 0 fully saturated rings. The summed E-state index contributed by atoms with van der Waals surface area (Å²) in [6, 6.07) is 12.9. The van der Waals surface area contributed by atoms with Gasteiger partial charge in [-0.1, -0.05) is 35.9 Å². The maximum Gasteiger partial charge on any atom is 0.341 e. The fraction of sp³-hybridized carbons (Fsp3) is 0.286. The van der Waals surface area contributed by atoms with Crippen LogP contribution in [0.4, 0.5) is 0 Å². The third-order valence-electron chi connectivity index (χ3n) is 4.53. The molecule has 148 valence electrons. The molecule has 2 atom stereocenters. The van der Waals surface area contributed by atoms with Crippen LogP contribution in [0.5, 0.6) is 5.75 Å². The van der Waals surface area contributed by atoms with Crippen molar-refractivity contribution in [3.63, 3.8) is 0 Å². The Bertz CT molecular complexity index is 956. The lowest BCUT2D eigenvalue weighted by Crippen LogP contribution is -2.32. The molecule has 0 aliphatic heterocycles. The highest BCUT2D eigenvalue weighted by molar-refractivity contribution is 6.30. The minimum Gasteiger partial charge on any atom is -0.480 e. The van der Waals surface area contributed by atoms with Crippen LogP contribution in [-0.4, -0.2) is 40.4 Å². The van der Waals surface area contributed by atoms with E-state index in [9.17, 15) is 9.90 Å². The second-order valence-corrected chi connectivity index (χ2v) is 7.20. The van der Waals surface area contributed by atoms with E-state index in [-0.39, 0.29) is 12.6 Å². The minimum absolute atomic E-state index is 0.122. The second-order valence-electron chi connectivity index (χ2n) is 6.76. The Labute approximate surface area is 168 Å². The number of carbonyl (C=O) groups is 1. The zero-order valence-corrected chi connectivity index (χ0v) is 16.2. The predicted octanol–water partition coefficient (Wildman–Crippen LogP) is 3.54. The molecule has 0 bridgehead atoms. The molecule has 3 aromatic rings. The fourth-order valence-corrected chi connectivity index (χ4v) is 3.36. The van der Waals surface area contributed by atoms with Crippen LogP contribution in [0.2, 0.25) is 5.02 Å². The van der Waals surface area contributed by atoms with Crippen LogP contribution in [0.15, 0.2) is 48.7 Å². The molecule has 7 heteroatoms. The Kier molecular flexibility index (Phi) is 6.57. The Hall–Kier alpha value is -2.54. The van der Waals surface area contributed by atoms with Crippen LogP contribution < -0.4 is 10.1 Å². The van der Waals surface area contributed by atoms with Gasteiger partial charge in [-0.3, -0.25) is 0 Å². The van der Waals surface area contributed by atoms with Crippen LogP contribution >= 0.6 is 11.6 Å². The van der Waals surface area contributed by atoms with Gasteiger partial charge >= 0.3 is 5.97 Å². The highest BCUT2D eigenvalue weighted by atomic mass is 35.5. The zero-order valence-electron chi connectivity index (χ0n) is 15.5. The van der Waals surface area contributed by atoms with Gasteiger partial charge in [0.2, 0.25) is 0 Å². The molecule has 0 spiro atoms. The lowest BCUT2D eigenvalue weighted by Gasteiger charge is -2.17. The van der Waals surface area contributed by atoms with Gasteiger partial charge in [-0.25, -0.2) is 4.79 Å². The van der Waals surface area contributed by atoms with Gasteiger partial charge in [0.25, 0.3) is 0 Å². The monoisotopic (exact) mass is 402 g/mol. The van der Waals surface area contributed by atoms with E-state index in [1.807, 2.05) is 37.4 Å². The van der Waals surface area contributed by atoms with Crippen molar-refractivity contribution >= 4 is 28.5 Å². The third kappa shape index (κ3) is 5.04. The van der Waals surface area contributed by atoms with Crippen LogP contribution in [0.25, 0.3) is 10.9 Å². The molecule has 0 aliphatic rings. The molecule has 1 aromatic heterocycles. The quantitative estimate of drug-likeness (QED) is 0.439. The first-order valence-electron chi connectivity index (χ1n) is 9.04. The van der Waals surface area contributed by atoms with E-state index < -0.39 is 12.1 Å². The number of para-hydroxylation sites is 1. The molecule has 4 N–H and O–H groups in total. The summed E-state index contributed by atoms with van der Waals surface area (Å²) in [7, 11) is 0. The number of hydrogen-bond acceptors (Lipinski definition) is 4. The summed E-state index contributed by atoms with van der Waals surface area (Å²) in [5, 5.41) is 24.1. The number of aromatic amines is 1. The van der Waals surface area contributed by atoms with E-state index in [1.54, 1.807) is 18.2 Å².